The number of fused-ring (bicyclic) bond motifs is 1. The number of ether oxygens (including phenoxy) is 2. The Labute approximate surface area is 180 Å². The normalized spacial score (nSPS) is 15.7. The number of carbonyl (C=O) groups excluding carboxylic acids is 1. The maximum atomic E-state index is 14.8. The molecule has 31 heavy (non-hydrogen) atoms. The summed E-state index contributed by atoms with van der Waals surface area (Å²) in [5, 5.41) is 3.80. The van der Waals surface area contributed by atoms with Crippen LogP contribution in [0.4, 0.5) is 4.39 Å². The molecule has 1 fully saturated rings. The van der Waals surface area contributed by atoms with Gasteiger partial charge < -0.3 is 25.5 Å². The van der Waals surface area contributed by atoms with Gasteiger partial charge in [-0.3, -0.25) is 4.79 Å². The highest BCUT2D eigenvalue weighted by molar-refractivity contribution is 5.86. The molecule has 1 atom stereocenters. The number of carbonyl (C=O) groups is 1. The second-order valence-electron chi connectivity index (χ2n) is 7.77. The molecule has 0 saturated carbocycles. The lowest BCUT2D eigenvalue weighted by atomic mass is 10.0. The van der Waals surface area contributed by atoms with E-state index in [1.54, 1.807) is 24.4 Å². The highest BCUT2D eigenvalue weighted by atomic mass is 19.1. The number of nitrogens with two attached hydrogens (primary N) is 1. The number of benzene rings is 1. The number of aromatic amines is 1. The van der Waals surface area contributed by atoms with Crippen LogP contribution in [0.25, 0.3) is 11.0 Å². The lowest BCUT2D eigenvalue weighted by Crippen LogP contribution is -2.48. The van der Waals surface area contributed by atoms with Crippen molar-refractivity contribution < 1.29 is 18.7 Å². The zero-order chi connectivity index (χ0) is 21.8. The number of aromatic nitrogens is 2. The van der Waals surface area contributed by atoms with Gasteiger partial charge in [-0.1, -0.05) is 13.0 Å². The van der Waals surface area contributed by atoms with Crippen molar-refractivity contribution >= 4 is 16.9 Å². The molecule has 7 nitrogen and oxygen atoms in total. The molecule has 1 saturated heterocycles. The van der Waals surface area contributed by atoms with E-state index in [1.165, 1.54) is 6.07 Å². The molecule has 4 N–H and O–H groups in total. The number of H-pyrrole nitrogens is 1. The van der Waals surface area contributed by atoms with E-state index in [0.29, 0.717) is 30.2 Å². The minimum atomic E-state index is -0.749. The molecular formula is C23H27FN4O3. The summed E-state index contributed by atoms with van der Waals surface area (Å²) < 4.78 is 25.9. The van der Waals surface area contributed by atoms with Crippen LogP contribution in [0, 0.1) is 5.82 Å². The molecule has 1 amide bonds. The third-order valence-electron chi connectivity index (χ3n) is 5.57. The molecule has 8 heteroatoms. The maximum absolute atomic E-state index is 14.8. The average molecular weight is 426 g/mol. The van der Waals surface area contributed by atoms with Gasteiger partial charge in [-0.25, -0.2) is 9.37 Å². The number of rotatable bonds is 7. The lowest BCUT2D eigenvalue weighted by Gasteiger charge is -2.24. The van der Waals surface area contributed by atoms with Crippen molar-refractivity contribution in [3.63, 3.8) is 0 Å². The Morgan fingerprint density at radius 1 is 1.35 bits per heavy atom. The molecule has 4 rings (SSSR count). The van der Waals surface area contributed by atoms with E-state index in [4.69, 9.17) is 15.2 Å². The molecular weight excluding hydrogens is 399 g/mol. The first kappa shape index (κ1) is 21.3. The van der Waals surface area contributed by atoms with E-state index in [-0.39, 0.29) is 24.1 Å². The topological polar surface area (TPSA) is 102 Å². The summed E-state index contributed by atoms with van der Waals surface area (Å²) in [6.07, 6.45) is 6.11. The molecule has 0 radical (unpaired) electrons. The first-order chi connectivity index (χ1) is 15.0. The number of hydrogen-bond acceptors (Lipinski definition) is 5. The van der Waals surface area contributed by atoms with E-state index < -0.39 is 11.9 Å². The Balaban J connectivity index is 1.43. The van der Waals surface area contributed by atoms with Gasteiger partial charge in [0.25, 0.3) is 0 Å². The molecule has 1 aromatic carbocycles. The molecule has 3 aromatic rings. The largest absolute Gasteiger partial charge is 0.453 e. The Morgan fingerprint density at radius 2 is 2.16 bits per heavy atom. The summed E-state index contributed by atoms with van der Waals surface area (Å²) >= 11 is 0. The van der Waals surface area contributed by atoms with Crippen LogP contribution in [0.2, 0.25) is 0 Å². The third-order valence-corrected chi connectivity index (χ3v) is 5.57. The van der Waals surface area contributed by atoms with Gasteiger partial charge in [0.05, 0.1) is 11.4 Å². The van der Waals surface area contributed by atoms with Gasteiger partial charge in [0.2, 0.25) is 5.91 Å². The van der Waals surface area contributed by atoms with Crippen molar-refractivity contribution in [2.45, 2.75) is 44.7 Å². The van der Waals surface area contributed by atoms with Crippen molar-refractivity contribution in [2.24, 2.45) is 5.73 Å². The maximum Gasteiger partial charge on any atom is 0.237 e. The van der Waals surface area contributed by atoms with Crippen LogP contribution in [0.1, 0.15) is 30.9 Å². The number of pyridine rings is 1. The van der Waals surface area contributed by atoms with Crippen molar-refractivity contribution in [1.29, 1.82) is 0 Å². The first-order valence-corrected chi connectivity index (χ1v) is 10.6. The molecule has 1 aliphatic heterocycles. The van der Waals surface area contributed by atoms with Gasteiger partial charge in [0.15, 0.2) is 11.6 Å². The fourth-order valence-corrected chi connectivity index (χ4v) is 3.82. The number of aryl methyl sites for hydroxylation is 1. The van der Waals surface area contributed by atoms with Gasteiger partial charge in [-0.15, -0.1) is 0 Å². The molecule has 3 heterocycles. The zero-order valence-corrected chi connectivity index (χ0v) is 17.5. The Bertz CT molecular complexity index is 1060. The van der Waals surface area contributed by atoms with E-state index >= 15 is 0 Å². The number of amides is 1. The molecule has 0 unspecified atom stereocenters. The monoisotopic (exact) mass is 426 g/mol. The highest BCUT2D eigenvalue weighted by Crippen LogP contribution is 2.33. The van der Waals surface area contributed by atoms with Crippen LogP contribution >= 0.6 is 0 Å². The van der Waals surface area contributed by atoms with Crippen LogP contribution in [-0.4, -0.2) is 41.2 Å². The summed E-state index contributed by atoms with van der Waals surface area (Å²) in [6, 6.07) is 5.72. The Hall–Kier alpha value is -2.97. The fraction of sp³-hybridized carbons (Fsp3) is 0.391. The Kier molecular flexibility index (Phi) is 6.48. The summed E-state index contributed by atoms with van der Waals surface area (Å²) in [6.45, 7) is 3.31. The molecule has 0 aliphatic carbocycles. The molecule has 0 spiro atoms. The second kappa shape index (κ2) is 9.45. The average Bonchev–Trinajstić information content (AvgIpc) is 3.20. The van der Waals surface area contributed by atoms with Crippen molar-refractivity contribution in [3.05, 3.63) is 53.6 Å². The van der Waals surface area contributed by atoms with Gasteiger partial charge >= 0.3 is 0 Å². The third kappa shape index (κ3) is 4.86. The van der Waals surface area contributed by atoms with E-state index in [1.807, 2.05) is 13.1 Å². The predicted molar refractivity (Wildman–Crippen MR) is 116 cm³/mol. The van der Waals surface area contributed by atoms with E-state index in [0.717, 1.165) is 30.2 Å². The number of halogens is 1. The predicted octanol–water partition coefficient (Wildman–Crippen LogP) is 3.22. The van der Waals surface area contributed by atoms with Gasteiger partial charge in [0, 0.05) is 31.6 Å². The minimum absolute atomic E-state index is 0.0819. The summed E-state index contributed by atoms with van der Waals surface area (Å²) in [5.41, 5.74) is 8.44. The van der Waals surface area contributed by atoms with Gasteiger partial charge in [0.1, 0.15) is 11.4 Å². The summed E-state index contributed by atoms with van der Waals surface area (Å²) in [5.74, 6) is -0.0820. The van der Waals surface area contributed by atoms with Gasteiger partial charge in [-0.05, 0) is 55.0 Å². The Morgan fingerprint density at radius 3 is 2.90 bits per heavy atom. The number of nitrogens with one attached hydrogen (secondary N) is 2. The summed E-state index contributed by atoms with van der Waals surface area (Å²) in [4.78, 5) is 19.8. The van der Waals surface area contributed by atoms with Crippen molar-refractivity contribution in [2.75, 3.05) is 13.2 Å². The lowest BCUT2D eigenvalue weighted by molar-refractivity contribution is -0.123. The second-order valence-corrected chi connectivity index (χ2v) is 7.77. The number of nitrogens with zero attached hydrogens (tertiary/aromatic N) is 1. The molecule has 1 aliphatic rings. The van der Waals surface area contributed by atoms with Gasteiger partial charge in [-0.2, -0.15) is 0 Å². The smallest absolute Gasteiger partial charge is 0.237 e. The van der Waals surface area contributed by atoms with Crippen LogP contribution < -0.4 is 15.8 Å². The molecule has 0 bridgehead atoms. The quantitative estimate of drug-likeness (QED) is 0.538. The van der Waals surface area contributed by atoms with E-state index in [2.05, 4.69) is 15.3 Å². The minimum Gasteiger partial charge on any atom is -0.453 e. The fourth-order valence-electron chi connectivity index (χ4n) is 3.82. The highest BCUT2D eigenvalue weighted by Gasteiger charge is 2.21. The SMILES string of the molecule is CCc1c[nH]c2nccc(Oc3ccc(C[C@H](N)C(=O)NC4CCOCC4)cc3F)c12. The zero-order valence-electron chi connectivity index (χ0n) is 17.5. The van der Waals surface area contributed by atoms with Crippen molar-refractivity contribution in [1.82, 2.24) is 15.3 Å². The number of hydrogen-bond donors (Lipinski definition) is 3. The van der Waals surface area contributed by atoms with Crippen LogP contribution in [0.3, 0.4) is 0 Å². The van der Waals surface area contributed by atoms with Crippen molar-refractivity contribution in [3.8, 4) is 11.5 Å². The molecule has 164 valence electrons. The first-order valence-electron chi connectivity index (χ1n) is 10.6. The van der Waals surface area contributed by atoms with Crippen LogP contribution in [-0.2, 0) is 22.4 Å². The summed E-state index contributed by atoms with van der Waals surface area (Å²) in [7, 11) is 0. The van der Waals surface area contributed by atoms with Crippen LogP contribution in [0.5, 0.6) is 11.5 Å². The van der Waals surface area contributed by atoms with E-state index in [9.17, 15) is 9.18 Å². The molecule has 2 aromatic heterocycles. The standard InChI is InChI=1S/C23H27FN4O3/c1-2-15-13-27-22-21(15)20(5-8-26-22)31-19-4-3-14(11-17(19)24)12-18(25)23(29)28-16-6-9-30-10-7-16/h3-5,8,11,13,16,18H,2,6-7,9-10,12,25H2,1H3,(H,26,27)(H,28,29)/t18-/m0/s1. The van der Waals surface area contributed by atoms with Crippen LogP contribution in [0.15, 0.2) is 36.7 Å².